The van der Waals surface area contributed by atoms with Gasteiger partial charge in [0, 0.05) is 30.6 Å². The van der Waals surface area contributed by atoms with Gasteiger partial charge in [-0.25, -0.2) is 0 Å². The zero-order valence-electron chi connectivity index (χ0n) is 13.0. The lowest BCUT2D eigenvalue weighted by molar-refractivity contribution is -0.165. The van der Waals surface area contributed by atoms with Crippen LogP contribution in [0.2, 0.25) is 0 Å². The molecule has 0 spiro atoms. The van der Waals surface area contributed by atoms with Gasteiger partial charge in [-0.3, -0.25) is 9.59 Å². The number of methoxy groups -OCH3 is 1. The van der Waals surface area contributed by atoms with E-state index in [-0.39, 0.29) is 5.91 Å². The zero-order chi connectivity index (χ0) is 17.7. The molecular weight excluding hydrogens is 325 g/mol. The highest BCUT2D eigenvalue weighted by Crippen LogP contribution is 2.22. The van der Waals surface area contributed by atoms with Crippen molar-refractivity contribution >= 4 is 17.4 Å². The molecular formula is C16H17F3N2O3. The van der Waals surface area contributed by atoms with Gasteiger partial charge in [-0.15, -0.1) is 0 Å². The minimum absolute atomic E-state index is 0.343. The molecule has 0 radical (unpaired) electrons. The molecule has 0 aromatic heterocycles. The zero-order valence-corrected chi connectivity index (χ0v) is 13.0. The first-order valence-electron chi connectivity index (χ1n) is 7.31. The van der Waals surface area contributed by atoms with E-state index < -0.39 is 18.0 Å². The quantitative estimate of drug-likeness (QED) is 0.836. The van der Waals surface area contributed by atoms with E-state index in [1.54, 1.807) is 24.3 Å². The number of likely N-dealkylation sites (tertiary alicyclic amines) is 1. The van der Waals surface area contributed by atoms with Crippen molar-refractivity contribution in [2.75, 3.05) is 19.0 Å². The van der Waals surface area contributed by atoms with E-state index in [4.69, 9.17) is 4.74 Å². The summed E-state index contributed by atoms with van der Waals surface area (Å²) in [6.07, 6.45) is -2.26. The van der Waals surface area contributed by atoms with Crippen molar-refractivity contribution in [1.82, 2.24) is 4.90 Å². The van der Waals surface area contributed by atoms with Gasteiger partial charge in [-0.2, -0.15) is 13.2 Å². The van der Waals surface area contributed by atoms with Crippen LogP contribution in [0.5, 0.6) is 5.75 Å². The molecule has 0 aliphatic carbocycles. The molecule has 1 aliphatic heterocycles. The number of allylic oxidation sites excluding steroid dienone is 1. The Balaban J connectivity index is 2.02. The molecule has 1 heterocycles. The van der Waals surface area contributed by atoms with Crippen LogP contribution < -0.4 is 10.1 Å². The second-order valence-corrected chi connectivity index (χ2v) is 5.29. The number of hydrogen-bond donors (Lipinski definition) is 1. The Hall–Kier alpha value is -2.51. The molecule has 1 atom stereocenters. The average molecular weight is 342 g/mol. The molecule has 1 amide bonds. The van der Waals surface area contributed by atoms with Crippen molar-refractivity contribution in [3.05, 3.63) is 36.5 Å². The van der Waals surface area contributed by atoms with Crippen molar-refractivity contribution in [2.24, 2.45) is 0 Å². The molecule has 130 valence electrons. The van der Waals surface area contributed by atoms with Crippen LogP contribution in [0.15, 0.2) is 36.5 Å². The molecule has 1 fully saturated rings. The molecule has 1 unspecified atom stereocenters. The number of nitrogens with one attached hydrogen (secondary N) is 1. The largest absolute Gasteiger partial charge is 0.497 e. The summed E-state index contributed by atoms with van der Waals surface area (Å²) in [5.74, 6) is -1.71. The predicted molar refractivity (Wildman–Crippen MR) is 81.6 cm³/mol. The highest BCUT2D eigenvalue weighted by atomic mass is 19.4. The van der Waals surface area contributed by atoms with Crippen molar-refractivity contribution in [3.63, 3.8) is 0 Å². The fourth-order valence-electron chi connectivity index (χ4n) is 2.43. The lowest BCUT2D eigenvalue weighted by atomic mass is 10.2. The van der Waals surface area contributed by atoms with Gasteiger partial charge in [-0.05, 0) is 25.0 Å². The van der Waals surface area contributed by atoms with Crippen molar-refractivity contribution in [2.45, 2.75) is 25.1 Å². The molecule has 8 heteroatoms. The summed E-state index contributed by atoms with van der Waals surface area (Å²) in [7, 11) is 1.50. The molecule has 1 saturated heterocycles. The van der Waals surface area contributed by atoms with E-state index >= 15 is 0 Å². The van der Waals surface area contributed by atoms with Gasteiger partial charge in [0.15, 0.2) is 0 Å². The van der Waals surface area contributed by atoms with Gasteiger partial charge in [-0.1, -0.05) is 6.07 Å². The van der Waals surface area contributed by atoms with Gasteiger partial charge in [0.05, 0.1) is 7.11 Å². The normalized spacial score (nSPS) is 18.0. The Bertz CT molecular complexity index is 644. The number of amides is 1. The standard InChI is InChI=1S/C16H17F3N2O3/c1-24-12-5-2-4-11(10-12)20-15(23)13-6-3-8-21(13)9-7-14(22)16(17,18)19/h2,4-5,7,9-10,13H,3,6,8H2,1H3,(H,20,23). The first-order valence-corrected chi connectivity index (χ1v) is 7.31. The number of hydrogen-bond acceptors (Lipinski definition) is 4. The number of benzene rings is 1. The molecule has 1 N–H and O–H groups in total. The van der Waals surface area contributed by atoms with E-state index in [2.05, 4.69) is 5.32 Å². The Kier molecular flexibility index (Phi) is 5.48. The molecule has 0 bridgehead atoms. The minimum atomic E-state index is -4.91. The summed E-state index contributed by atoms with van der Waals surface area (Å²) in [4.78, 5) is 24.7. The number of ether oxygens (including phenoxy) is 1. The lowest BCUT2D eigenvalue weighted by Crippen LogP contribution is -2.36. The molecule has 24 heavy (non-hydrogen) atoms. The van der Waals surface area contributed by atoms with Crippen LogP contribution in [0.3, 0.4) is 0 Å². The van der Waals surface area contributed by atoms with E-state index in [0.29, 0.717) is 36.9 Å². The van der Waals surface area contributed by atoms with Crippen molar-refractivity contribution in [1.29, 1.82) is 0 Å². The Morgan fingerprint density at radius 1 is 1.38 bits per heavy atom. The number of rotatable bonds is 5. The number of halogens is 3. The Morgan fingerprint density at radius 3 is 2.79 bits per heavy atom. The summed E-state index contributed by atoms with van der Waals surface area (Å²) >= 11 is 0. The number of nitrogens with zero attached hydrogens (tertiary/aromatic N) is 1. The third-order valence-electron chi connectivity index (χ3n) is 3.63. The van der Waals surface area contributed by atoms with Crippen LogP contribution in [0, 0.1) is 0 Å². The van der Waals surface area contributed by atoms with Crippen LogP contribution in [-0.4, -0.2) is 42.5 Å². The maximum Gasteiger partial charge on any atom is 0.454 e. The topological polar surface area (TPSA) is 58.6 Å². The van der Waals surface area contributed by atoms with E-state index in [9.17, 15) is 22.8 Å². The minimum Gasteiger partial charge on any atom is -0.497 e. The number of carbonyl (C=O) groups excluding carboxylic acids is 2. The van der Waals surface area contributed by atoms with Crippen LogP contribution >= 0.6 is 0 Å². The van der Waals surface area contributed by atoms with Crippen LogP contribution in [0.25, 0.3) is 0 Å². The van der Waals surface area contributed by atoms with Gasteiger partial charge < -0.3 is 15.0 Å². The molecule has 1 aromatic rings. The molecule has 1 aromatic carbocycles. The maximum atomic E-state index is 12.3. The predicted octanol–water partition coefficient (Wildman–Crippen LogP) is 2.74. The summed E-state index contributed by atoms with van der Waals surface area (Å²) in [5.41, 5.74) is 0.529. The summed E-state index contributed by atoms with van der Waals surface area (Å²) < 4.78 is 41.7. The highest BCUT2D eigenvalue weighted by molar-refractivity contribution is 5.96. The second kappa shape index (κ2) is 7.37. The summed E-state index contributed by atoms with van der Waals surface area (Å²) in [6.45, 7) is 0.415. The van der Waals surface area contributed by atoms with E-state index in [0.717, 1.165) is 6.20 Å². The Morgan fingerprint density at radius 2 is 2.12 bits per heavy atom. The second-order valence-electron chi connectivity index (χ2n) is 5.29. The first kappa shape index (κ1) is 17.8. The highest BCUT2D eigenvalue weighted by Gasteiger charge is 2.37. The fraction of sp³-hybridized carbons (Fsp3) is 0.375. The maximum absolute atomic E-state index is 12.3. The van der Waals surface area contributed by atoms with E-state index in [1.165, 1.54) is 12.0 Å². The van der Waals surface area contributed by atoms with Crippen LogP contribution in [-0.2, 0) is 9.59 Å². The SMILES string of the molecule is COc1cccc(NC(=O)C2CCCN2C=CC(=O)C(F)(F)F)c1. The van der Waals surface area contributed by atoms with Crippen LogP contribution in [0.1, 0.15) is 12.8 Å². The average Bonchev–Trinajstić information content (AvgIpc) is 3.00. The summed E-state index contributed by atoms with van der Waals surface area (Å²) in [6, 6.07) is 6.14. The third kappa shape index (κ3) is 4.50. The van der Waals surface area contributed by atoms with Gasteiger partial charge in [0.2, 0.25) is 5.91 Å². The molecule has 1 aliphatic rings. The monoisotopic (exact) mass is 342 g/mol. The molecule has 5 nitrogen and oxygen atoms in total. The number of alkyl halides is 3. The third-order valence-corrected chi connectivity index (χ3v) is 3.63. The molecule has 0 saturated carbocycles. The number of anilines is 1. The number of ketones is 1. The van der Waals surface area contributed by atoms with Crippen molar-refractivity contribution < 1.29 is 27.5 Å². The van der Waals surface area contributed by atoms with Gasteiger partial charge in [0.1, 0.15) is 11.8 Å². The fourth-order valence-corrected chi connectivity index (χ4v) is 2.43. The molecule has 2 rings (SSSR count). The van der Waals surface area contributed by atoms with Crippen LogP contribution in [0.4, 0.5) is 18.9 Å². The Labute approximate surface area is 137 Å². The van der Waals surface area contributed by atoms with Gasteiger partial charge in [0.25, 0.3) is 5.78 Å². The van der Waals surface area contributed by atoms with E-state index in [1.807, 2.05) is 0 Å². The first-order chi connectivity index (χ1) is 11.3. The smallest absolute Gasteiger partial charge is 0.454 e. The lowest BCUT2D eigenvalue weighted by Gasteiger charge is -2.22. The van der Waals surface area contributed by atoms with Gasteiger partial charge >= 0.3 is 6.18 Å². The van der Waals surface area contributed by atoms with Crippen molar-refractivity contribution in [3.8, 4) is 5.75 Å². The number of carbonyl (C=O) groups is 2. The summed E-state index contributed by atoms with van der Waals surface area (Å²) in [5, 5.41) is 2.70.